The Labute approximate surface area is 313 Å². The molecule has 3 rings (SSSR count). The molecular weight excluding hydrogens is 746 g/mol. The number of alkyl halides is 1. The fourth-order valence-electron chi connectivity index (χ4n) is 6.02. The lowest BCUT2D eigenvalue weighted by molar-refractivity contribution is -0.248. The molecule has 6 N–H and O–H groups in total. The van der Waals surface area contributed by atoms with Gasteiger partial charge in [-0.2, -0.15) is 0 Å². The number of aliphatic hydroxyl groups is 1. The van der Waals surface area contributed by atoms with Crippen LogP contribution in [0.2, 0.25) is 0 Å². The van der Waals surface area contributed by atoms with E-state index in [-0.39, 0.29) is 5.92 Å². The summed E-state index contributed by atoms with van der Waals surface area (Å²) in [5, 5.41) is 13.2. The normalized spacial score (nSPS) is 29.5. The van der Waals surface area contributed by atoms with Crippen LogP contribution in [-0.4, -0.2) is 120 Å². The number of nitrogens with zero attached hydrogens (tertiary/aromatic N) is 1. The van der Waals surface area contributed by atoms with Crippen LogP contribution in [0.5, 0.6) is 0 Å². The summed E-state index contributed by atoms with van der Waals surface area (Å²) in [6.45, 7) is 12.2. The Kier molecular flexibility index (Phi) is 14.9. The van der Waals surface area contributed by atoms with Crippen molar-refractivity contribution in [3.8, 4) is 0 Å². The first-order chi connectivity index (χ1) is 25.0. The van der Waals surface area contributed by atoms with Crippen molar-refractivity contribution in [3.63, 3.8) is 0 Å². The van der Waals surface area contributed by atoms with E-state index in [2.05, 4.69) is 5.32 Å². The highest BCUT2D eigenvalue weighted by molar-refractivity contribution is 7.48. The Morgan fingerprint density at radius 3 is 1.96 bits per heavy atom. The van der Waals surface area contributed by atoms with E-state index in [1.54, 1.807) is 20.8 Å². The number of aliphatic hydroxyl groups excluding tert-OH is 1. The molecule has 9 atom stereocenters. The summed E-state index contributed by atoms with van der Waals surface area (Å²) in [5.41, 5.74) is 5.68. The number of hydrogen-bond donors (Lipinski definition) is 4. The maximum Gasteiger partial charge on any atom is 0.510 e. The molecule has 0 aromatic rings. The zero-order chi connectivity index (χ0) is 41.0. The monoisotopic (exact) mass is 800 g/mol. The summed E-state index contributed by atoms with van der Waals surface area (Å²) in [6.07, 6.45) is -7.63. The molecule has 2 heterocycles. The highest BCUT2D eigenvalue weighted by atomic mass is 31.2. The number of halogens is 1. The molecule has 0 aromatic carbocycles. The quantitative estimate of drug-likeness (QED) is 0.0632. The number of amides is 1. The summed E-state index contributed by atoms with van der Waals surface area (Å²) in [7, 11) is -5.18. The number of phosphoric ester groups is 1. The van der Waals surface area contributed by atoms with Gasteiger partial charge in [0.05, 0.1) is 18.3 Å². The number of nitrogens with one attached hydrogen (secondary N) is 1. The van der Waals surface area contributed by atoms with Crippen LogP contribution in [0.15, 0.2) is 12.3 Å². The van der Waals surface area contributed by atoms with Crippen LogP contribution >= 0.6 is 7.82 Å². The molecule has 1 saturated carbocycles. The van der Waals surface area contributed by atoms with Gasteiger partial charge in [-0.3, -0.25) is 14.1 Å². The number of hydrogen-bond acceptors (Lipinski definition) is 19. The number of phosphoric acid groups is 1. The SMILES string of the molecule is CC(C)OC(=O)OCOP(=O)(OCOC(=O)OC(C)C)OC1[C@]2(OC(=O)C(N)C(C)C)[C@@](C)(OC(C)C(N)C(C)C)[C@H](N3C=CC(=O)NC3O)O[C@]12CF. The molecule has 310 valence electrons. The van der Waals surface area contributed by atoms with E-state index in [0.717, 1.165) is 17.2 Å². The van der Waals surface area contributed by atoms with E-state index in [0.29, 0.717) is 0 Å². The smallest absolute Gasteiger partial charge is 0.448 e. The van der Waals surface area contributed by atoms with Gasteiger partial charge in [-0.15, -0.1) is 0 Å². The Morgan fingerprint density at radius 1 is 0.981 bits per heavy atom. The van der Waals surface area contributed by atoms with Crippen molar-refractivity contribution in [1.82, 2.24) is 10.2 Å². The van der Waals surface area contributed by atoms with Crippen LogP contribution in [0.3, 0.4) is 0 Å². The van der Waals surface area contributed by atoms with Crippen molar-refractivity contribution in [3.05, 3.63) is 12.3 Å². The molecule has 0 radical (unpaired) electrons. The zero-order valence-corrected chi connectivity index (χ0v) is 32.9. The maximum absolute atomic E-state index is 15.8. The fourth-order valence-corrected chi connectivity index (χ4v) is 7.16. The lowest BCUT2D eigenvalue weighted by Gasteiger charge is -2.47. The minimum atomic E-state index is -5.18. The molecule has 2 aliphatic heterocycles. The largest absolute Gasteiger partial charge is 0.510 e. The second kappa shape index (κ2) is 17.8. The molecule has 22 heteroatoms. The molecule has 54 heavy (non-hydrogen) atoms. The van der Waals surface area contributed by atoms with Crippen molar-refractivity contribution < 1.29 is 80.0 Å². The molecular formula is C32H54FN4O16P. The minimum absolute atomic E-state index is 0.180. The second-order valence-electron chi connectivity index (χ2n) is 14.4. The molecule has 1 aliphatic carbocycles. The number of carbonyl (C=O) groups is 4. The minimum Gasteiger partial charge on any atom is -0.448 e. The lowest BCUT2D eigenvalue weighted by atomic mass is 9.90. The number of esters is 1. The van der Waals surface area contributed by atoms with Crippen LogP contribution in [0.25, 0.3) is 0 Å². The molecule has 1 saturated heterocycles. The summed E-state index contributed by atoms with van der Waals surface area (Å²) in [5.74, 6) is -2.43. The molecule has 0 bridgehead atoms. The Bertz CT molecular complexity index is 1410. The average Bonchev–Trinajstić information content (AvgIpc) is 3.51. The zero-order valence-electron chi connectivity index (χ0n) is 32.0. The number of nitrogens with two attached hydrogens (primary N) is 2. The van der Waals surface area contributed by atoms with Gasteiger partial charge >= 0.3 is 26.1 Å². The van der Waals surface area contributed by atoms with Gasteiger partial charge in [0.2, 0.25) is 31.4 Å². The third kappa shape index (κ3) is 9.44. The van der Waals surface area contributed by atoms with Crippen LogP contribution in [0.4, 0.5) is 14.0 Å². The predicted molar refractivity (Wildman–Crippen MR) is 182 cm³/mol. The highest BCUT2D eigenvalue weighted by Crippen LogP contribution is 2.73. The number of fused-ring (bicyclic) bond motifs is 1. The first-order valence-electron chi connectivity index (χ1n) is 17.3. The molecule has 3 aliphatic rings. The van der Waals surface area contributed by atoms with Crippen LogP contribution < -0.4 is 16.8 Å². The first-order valence-corrected chi connectivity index (χ1v) is 18.8. The Hall–Kier alpha value is -3.14. The molecule has 2 fully saturated rings. The standard InChI is InChI=1S/C32H54FN4O16P/c1-16(2)22(34)20(9)50-30(10)26(37-12-11-21(38)36-27(37)40)52-31(13-33)25(32(30,31)51-24(39)23(35)17(3)4)53-54(43,46-14-44-28(41)48-18(5)6)47-15-45-29(42)49-19(7)8/h11-12,16-20,22-23,25-27,40H,13-15,34-35H2,1-10H3,(H,36,38)/t20?,22?,23?,25?,26-,27?,30+,31-,32+/m1/s1. The van der Waals surface area contributed by atoms with Crippen molar-refractivity contribution in [2.45, 2.75) is 135 Å². The van der Waals surface area contributed by atoms with E-state index in [1.165, 1.54) is 34.6 Å². The lowest BCUT2D eigenvalue weighted by Crippen LogP contribution is -2.66. The van der Waals surface area contributed by atoms with E-state index in [9.17, 15) is 28.8 Å². The van der Waals surface area contributed by atoms with Crippen molar-refractivity contribution >= 4 is 32.0 Å². The van der Waals surface area contributed by atoms with Crippen molar-refractivity contribution in [1.29, 1.82) is 0 Å². The summed E-state index contributed by atoms with van der Waals surface area (Å²) in [6, 6.07) is -1.98. The third-order valence-electron chi connectivity index (χ3n) is 8.96. The Balaban J connectivity index is 2.16. The van der Waals surface area contributed by atoms with E-state index >= 15 is 4.39 Å². The van der Waals surface area contributed by atoms with Gasteiger partial charge in [0.25, 0.3) is 0 Å². The fraction of sp³-hybridized carbons (Fsp3) is 0.812. The number of ether oxygens (including phenoxy) is 7. The average molecular weight is 801 g/mol. The summed E-state index contributed by atoms with van der Waals surface area (Å²) in [4.78, 5) is 51.0. The first kappa shape index (κ1) is 45.3. The highest BCUT2D eigenvalue weighted by Gasteiger charge is 2.97. The molecule has 0 spiro atoms. The summed E-state index contributed by atoms with van der Waals surface area (Å²) >= 11 is 0. The van der Waals surface area contributed by atoms with E-state index < -0.39 is 124 Å². The maximum atomic E-state index is 15.8. The van der Waals surface area contributed by atoms with Gasteiger partial charge < -0.3 is 59.9 Å². The Morgan fingerprint density at radius 2 is 1.52 bits per heavy atom. The van der Waals surface area contributed by atoms with E-state index in [1.807, 2.05) is 13.8 Å². The van der Waals surface area contributed by atoms with Crippen molar-refractivity contribution in [2.75, 3.05) is 20.3 Å². The van der Waals surface area contributed by atoms with Crippen LogP contribution in [-0.2, 0) is 60.9 Å². The van der Waals surface area contributed by atoms with Gasteiger partial charge in [-0.05, 0) is 53.4 Å². The van der Waals surface area contributed by atoms with Crippen molar-refractivity contribution in [2.24, 2.45) is 23.3 Å². The molecule has 1 amide bonds. The number of rotatable bonds is 19. The van der Waals surface area contributed by atoms with Gasteiger partial charge in [0.1, 0.15) is 12.7 Å². The molecule has 5 unspecified atom stereocenters. The number of carbonyl (C=O) groups excluding carboxylic acids is 4. The summed E-state index contributed by atoms with van der Waals surface area (Å²) < 4.78 is 84.7. The molecule has 0 aromatic heterocycles. The topological polar surface area (TPSA) is 265 Å². The van der Waals surface area contributed by atoms with Gasteiger partial charge in [0.15, 0.2) is 23.5 Å². The second-order valence-corrected chi connectivity index (χ2v) is 16.0. The third-order valence-corrected chi connectivity index (χ3v) is 10.3. The predicted octanol–water partition coefficient (Wildman–Crippen LogP) is 2.26. The van der Waals surface area contributed by atoms with Crippen LogP contribution in [0.1, 0.15) is 69.2 Å². The van der Waals surface area contributed by atoms with Gasteiger partial charge in [-0.25, -0.2) is 27.6 Å². The van der Waals surface area contributed by atoms with E-state index in [4.69, 9.17) is 58.2 Å². The molecule has 20 nitrogen and oxygen atoms in total. The van der Waals surface area contributed by atoms with Gasteiger partial charge in [-0.1, -0.05) is 27.7 Å². The van der Waals surface area contributed by atoms with Gasteiger partial charge in [0, 0.05) is 18.3 Å². The van der Waals surface area contributed by atoms with Crippen LogP contribution in [0, 0.1) is 11.8 Å².